The number of amides is 1. The van der Waals surface area contributed by atoms with Crippen LogP contribution in [0.1, 0.15) is 11.6 Å². The fraction of sp³-hybridized carbons (Fsp3) is 0.462. The Morgan fingerprint density at radius 3 is 1.91 bits per heavy atom. The van der Waals surface area contributed by atoms with E-state index in [1.165, 1.54) is 26.6 Å². The molecule has 0 spiro atoms. The van der Waals surface area contributed by atoms with Gasteiger partial charge >= 0.3 is 6.18 Å². The molecule has 1 aromatic rings. The Kier molecular flexibility index (Phi) is 6.31. The van der Waals surface area contributed by atoms with Crippen molar-refractivity contribution in [2.75, 3.05) is 21.3 Å². The second-order valence-electron chi connectivity index (χ2n) is 4.24. The summed E-state index contributed by atoms with van der Waals surface area (Å²) >= 11 is 4.86. The molecule has 130 valence electrons. The van der Waals surface area contributed by atoms with Crippen molar-refractivity contribution in [1.29, 1.82) is 0 Å². The van der Waals surface area contributed by atoms with Gasteiger partial charge in [-0.1, -0.05) is 11.6 Å². The molecule has 2 atom stereocenters. The van der Waals surface area contributed by atoms with E-state index in [1.54, 1.807) is 0 Å². The van der Waals surface area contributed by atoms with Gasteiger partial charge in [0.25, 0.3) is 11.5 Å². The van der Waals surface area contributed by atoms with E-state index in [0.29, 0.717) is 0 Å². The van der Waals surface area contributed by atoms with E-state index in [9.17, 15) is 22.4 Å². The van der Waals surface area contributed by atoms with Gasteiger partial charge in [0.1, 0.15) is 0 Å². The van der Waals surface area contributed by atoms with Gasteiger partial charge in [-0.2, -0.15) is 13.2 Å². The van der Waals surface area contributed by atoms with E-state index in [-0.39, 0.29) is 17.2 Å². The summed E-state index contributed by atoms with van der Waals surface area (Å²) in [6.45, 7) is 0. The first-order chi connectivity index (χ1) is 10.6. The monoisotopic (exact) mass is 359 g/mol. The van der Waals surface area contributed by atoms with E-state index in [2.05, 4.69) is 0 Å². The number of halogens is 5. The highest BCUT2D eigenvalue weighted by Crippen LogP contribution is 2.42. The molecule has 0 aromatic heterocycles. The van der Waals surface area contributed by atoms with Crippen molar-refractivity contribution >= 4 is 17.5 Å². The third kappa shape index (κ3) is 4.54. The van der Waals surface area contributed by atoms with Gasteiger partial charge in [0, 0.05) is 0 Å². The highest BCUT2D eigenvalue weighted by Gasteiger charge is 2.43. The molecule has 2 unspecified atom stereocenters. The zero-order chi connectivity index (χ0) is 17.8. The number of hydrogen-bond acceptors (Lipinski definition) is 4. The van der Waals surface area contributed by atoms with Crippen LogP contribution >= 0.6 is 11.6 Å². The molecule has 1 amide bonds. The predicted octanol–water partition coefficient (Wildman–Crippen LogP) is 2.97. The first-order valence-electron chi connectivity index (χ1n) is 6.10. The minimum absolute atomic E-state index is 0.0481. The minimum Gasteiger partial charge on any atom is -0.493 e. The van der Waals surface area contributed by atoms with Gasteiger partial charge in [-0.3, -0.25) is 4.79 Å². The lowest BCUT2D eigenvalue weighted by Crippen LogP contribution is -2.40. The summed E-state index contributed by atoms with van der Waals surface area (Å²) in [6.07, 6.45) is -4.90. The SMILES string of the molecule is COc1cc(C(NC(=O)C(F)Cl)C(F)(F)F)cc(OC)c1OC. The van der Waals surface area contributed by atoms with Crippen LogP contribution in [-0.4, -0.2) is 39.0 Å². The number of nitrogens with one attached hydrogen (secondary N) is 1. The lowest BCUT2D eigenvalue weighted by atomic mass is 10.0. The van der Waals surface area contributed by atoms with E-state index in [4.69, 9.17) is 25.8 Å². The molecule has 0 aliphatic heterocycles. The molecule has 0 aliphatic carbocycles. The van der Waals surface area contributed by atoms with Crippen LogP contribution in [0.2, 0.25) is 0 Å². The zero-order valence-electron chi connectivity index (χ0n) is 12.3. The standard InChI is InChI=1S/C13H14ClF4NO4/c1-21-7-4-6(5-8(22-2)9(7)23-3)10(13(16,17)18)19-12(20)11(14)15/h4-5,10-11H,1-3H3,(H,19,20). The lowest BCUT2D eigenvalue weighted by molar-refractivity contribution is -0.164. The van der Waals surface area contributed by atoms with Crippen LogP contribution in [0, 0.1) is 0 Å². The van der Waals surface area contributed by atoms with Crippen molar-refractivity contribution in [3.8, 4) is 17.2 Å². The van der Waals surface area contributed by atoms with Crippen molar-refractivity contribution in [2.24, 2.45) is 0 Å². The Morgan fingerprint density at radius 2 is 1.61 bits per heavy atom. The van der Waals surface area contributed by atoms with E-state index in [1.807, 2.05) is 0 Å². The molecule has 0 heterocycles. The van der Waals surface area contributed by atoms with Crippen LogP contribution < -0.4 is 19.5 Å². The van der Waals surface area contributed by atoms with Gasteiger partial charge in [-0.15, -0.1) is 0 Å². The summed E-state index contributed by atoms with van der Waals surface area (Å²) < 4.78 is 67.2. The maximum atomic E-state index is 13.2. The molecule has 5 nitrogen and oxygen atoms in total. The lowest BCUT2D eigenvalue weighted by Gasteiger charge is -2.24. The van der Waals surface area contributed by atoms with Crippen molar-refractivity contribution in [3.63, 3.8) is 0 Å². The minimum atomic E-state index is -4.90. The fourth-order valence-corrected chi connectivity index (χ4v) is 1.89. The first kappa shape index (κ1) is 19.1. The summed E-state index contributed by atoms with van der Waals surface area (Å²) in [5.74, 6) is -1.63. The second-order valence-corrected chi connectivity index (χ2v) is 4.63. The number of hydrogen-bond donors (Lipinski definition) is 1. The molecule has 1 N–H and O–H groups in total. The summed E-state index contributed by atoms with van der Waals surface area (Å²) in [6, 6.07) is -0.497. The largest absolute Gasteiger partial charge is 0.493 e. The molecule has 10 heteroatoms. The molecule has 0 bridgehead atoms. The summed E-state index contributed by atoms with van der Waals surface area (Å²) in [4.78, 5) is 11.2. The number of rotatable bonds is 6. The van der Waals surface area contributed by atoms with Crippen molar-refractivity contribution in [3.05, 3.63) is 17.7 Å². The van der Waals surface area contributed by atoms with Gasteiger partial charge in [0.2, 0.25) is 5.75 Å². The zero-order valence-corrected chi connectivity index (χ0v) is 13.1. The molecule has 0 fully saturated rings. The maximum Gasteiger partial charge on any atom is 0.412 e. The molecular weight excluding hydrogens is 346 g/mol. The molecule has 23 heavy (non-hydrogen) atoms. The highest BCUT2D eigenvalue weighted by molar-refractivity contribution is 6.29. The van der Waals surface area contributed by atoms with Crippen molar-refractivity contribution < 1.29 is 36.6 Å². The number of carbonyl (C=O) groups excluding carboxylic acids is 1. The Labute approximate surface area is 134 Å². The molecule has 1 aromatic carbocycles. The number of benzene rings is 1. The van der Waals surface area contributed by atoms with E-state index >= 15 is 0 Å². The van der Waals surface area contributed by atoms with Crippen LogP contribution in [-0.2, 0) is 4.79 Å². The van der Waals surface area contributed by atoms with Crippen LogP contribution in [0.15, 0.2) is 12.1 Å². The van der Waals surface area contributed by atoms with Gasteiger partial charge in [-0.05, 0) is 17.7 Å². The molecule has 0 saturated heterocycles. The maximum absolute atomic E-state index is 13.2. The third-order valence-electron chi connectivity index (χ3n) is 2.83. The van der Waals surface area contributed by atoms with Crippen LogP contribution in [0.4, 0.5) is 17.6 Å². The molecule has 0 aliphatic rings. The third-order valence-corrected chi connectivity index (χ3v) is 3.03. The topological polar surface area (TPSA) is 56.8 Å². The van der Waals surface area contributed by atoms with Crippen LogP contribution in [0.25, 0.3) is 0 Å². The Hall–Kier alpha value is -1.90. The predicted molar refractivity (Wildman–Crippen MR) is 73.8 cm³/mol. The summed E-state index contributed by atoms with van der Waals surface area (Å²) in [5, 5.41) is 1.49. The van der Waals surface area contributed by atoms with E-state index in [0.717, 1.165) is 12.1 Å². The van der Waals surface area contributed by atoms with Gasteiger partial charge < -0.3 is 19.5 Å². The fourth-order valence-electron chi connectivity index (χ4n) is 1.83. The number of carbonyl (C=O) groups is 1. The molecule has 0 radical (unpaired) electrons. The van der Waals surface area contributed by atoms with Gasteiger partial charge in [0.05, 0.1) is 21.3 Å². The Bertz CT molecular complexity index is 540. The second kappa shape index (κ2) is 7.58. The number of methoxy groups -OCH3 is 3. The molecule has 0 saturated carbocycles. The van der Waals surface area contributed by atoms with Gasteiger partial charge in [-0.25, -0.2) is 4.39 Å². The van der Waals surface area contributed by atoms with Crippen molar-refractivity contribution in [2.45, 2.75) is 17.8 Å². The molecular formula is C13H14ClF4NO4. The number of ether oxygens (including phenoxy) is 3. The van der Waals surface area contributed by atoms with Crippen molar-refractivity contribution in [1.82, 2.24) is 5.32 Å². The smallest absolute Gasteiger partial charge is 0.412 e. The number of alkyl halides is 5. The highest BCUT2D eigenvalue weighted by atomic mass is 35.5. The summed E-state index contributed by atoms with van der Waals surface area (Å²) in [5.41, 5.74) is -3.04. The Balaban J connectivity index is 3.39. The van der Waals surface area contributed by atoms with Crippen LogP contribution in [0.3, 0.4) is 0 Å². The Morgan fingerprint density at radius 1 is 1.13 bits per heavy atom. The van der Waals surface area contributed by atoms with Gasteiger partial charge in [0.15, 0.2) is 17.5 Å². The van der Waals surface area contributed by atoms with E-state index < -0.39 is 29.3 Å². The molecule has 1 rings (SSSR count). The quantitative estimate of drug-likeness (QED) is 0.626. The first-order valence-corrected chi connectivity index (χ1v) is 6.54. The van der Waals surface area contributed by atoms with Crippen LogP contribution in [0.5, 0.6) is 17.2 Å². The summed E-state index contributed by atoms with van der Waals surface area (Å²) in [7, 11) is 3.72. The average molecular weight is 360 g/mol. The normalized spacial score (nSPS) is 13.9. The average Bonchev–Trinajstić information content (AvgIpc) is 2.49.